The van der Waals surface area contributed by atoms with Crippen molar-refractivity contribution in [2.75, 3.05) is 0 Å². The predicted octanol–water partition coefficient (Wildman–Crippen LogP) is 4.58. The highest BCUT2D eigenvalue weighted by molar-refractivity contribution is 5.15. The first-order valence-corrected chi connectivity index (χ1v) is 6.44. The van der Waals surface area contributed by atoms with E-state index in [2.05, 4.69) is 27.0 Å². The van der Waals surface area contributed by atoms with E-state index in [1.807, 2.05) is 0 Å². The van der Waals surface area contributed by atoms with Crippen molar-refractivity contribution in [2.24, 2.45) is 23.7 Å². The van der Waals surface area contributed by atoms with Crippen molar-refractivity contribution in [1.29, 1.82) is 0 Å². The molecular formula is C15H24. The lowest BCUT2D eigenvalue weighted by atomic mass is 9.60. The van der Waals surface area contributed by atoms with E-state index >= 15 is 0 Å². The van der Waals surface area contributed by atoms with Gasteiger partial charge in [-0.2, -0.15) is 0 Å². The topological polar surface area (TPSA) is 0 Å². The number of rotatable bonds is 1. The highest BCUT2D eigenvalue weighted by Crippen LogP contribution is 2.49. The van der Waals surface area contributed by atoms with E-state index in [-0.39, 0.29) is 0 Å². The van der Waals surface area contributed by atoms with Crippen LogP contribution in [0.3, 0.4) is 0 Å². The molecule has 0 aliphatic heterocycles. The smallest absolute Gasteiger partial charge is 0.0169 e. The molecular weight excluding hydrogens is 180 g/mol. The summed E-state index contributed by atoms with van der Waals surface area (Å²) in [5.74, 6) is 3.43. The van der Waals surface area contributed by atoms with E-state index in [1.165, 1.54) is 43.3 Å². The second-order valence-electron chi connectivity index (χ2n) is 5.87. The minimum absolute atomic E-state index is 0.816. The summed E-state index contributed by atoms with van der Waals surface area (Å²) in [7, 11) is 0. The van der Waals surface area contributed by atoms with Crippen LogP contribution in [0.1, 0.15) is 46.0 Å². The third-order valence-electron chi connectivity index (χ3n) is 4.58. The first-order chi connectivity index (χ1) is 7.09. The Bertz CT molecular complexity index is 272. The van der Waals surface area contributed by atoms with E-state index in [4.69, 9.17) is 0 Å². The average Bonchev–Trinajstić information content (AvgIpc) is 2.17. The molecule has 2 unspecified atom stereocenters. The van der Waals surface area contributed by atoms with Crippen molar-refractivity contribution in [1.82, 2.24) is 0 Å². The molecule has 84 valence electrons. The minimum Gasteiger partial charge on any atom is -0.0999 e. The molecule has 3 atom stereocenters. The van der Waals surface area contributed by atoms with Gasteiger partial charge in [-0.3, -0.25) is 0 Å². The Kier molecular flexibility index (Phi) is 3.04. The third kappa shape index (κ3) is 2.04. The molecule has 2 aliphatic rings. The largest absolute Gasteiger partial charge is 0.0999 e. The van der Waals surface area contributed by atoms with Crippen LogP contribution in [0.4, 0.5) is 0 Å². The Hall–Kier alpha value is -0.520. The molecule has 2 fully saturated rings. The van der Waals surface area contributed by atoms with Gasteiger partial charge in [-0.05, 0) is 55.8 Å². The number of fused-ring (bicyclic) bond motifs is 1. The average molecular weight is 204 g/mol. The molecule has 0 aromatic carbocycles. The van der Waals surface area contributed by atoms with Crippen molar-refractivity contribution in [3.8, 4) is 0 Å². The monoisotopic (exact) mass is 204 g/mol. The van der Waals surface area contributed by atoms with Crippen LogP contribution in [0.5, 0.6) is 0 Å². The molecule has 2 rings (SSSR count). The molecule has 0 spiro atoms. The molecule has 0 saturated heterocycles. The van der Waals surface area contributed by atoms with Crippen LogP contribution < -0.4 is 0 Å². The molecule has 0 heteroatoms. The van der Waals surface area contributed by atoms with E-state index in [0.717, 1.165) is 23.7 Å². The molecule has 0 aromatic heterocycles. The Balaban J connectivity index is 2.17. The predicted molar refractivity (Wildman–Crippen MR) is 66.7 cm³/mol. The fourth-order valence-electron chi connectivity index (χ4n) is 3.69. The first-order valence-electron chi connectivity index (χ1n) is 6.44. The van der Waals surface area contributed by atoms with Gasteiger partial charge < -0.3 is 0 Å². The molecule has 0 radical (unpaired) electrons. The van der Waals surface area contributed by atoms with E-state index in [1.54, 1.807) is 0 Å². The summed E-state index contributed by atoms with van der Waals surface area (Å²) >= 11 is 0. The van der Waals surface area contributed by atoms with Gasteiger partial charge in [0, 0.05) is 0 Å². The van der Waals surface area contributed by atoms with Gasteiger partial charge in [0.25, 0.3) is 0 Å². The van der Waals surface area contributed by atoms with Gasteiger partial charge in [-0.15, -0.1) is 0 Å². The Labute approximate surface area is 94.5 Å². The van der Waals surface area contributed by atoms with Crippen LogP contribution >= 0.6 is 0 Å². The summed E-state index contributed by atoms with van der Waals surface area (Å²) in [5.41, 5.74) is 3.01. The fourth-order valence-corrected chi connectivity index (χ4v) is 3.69. The minimum atomic E-state index is 0.816. The van der Waals surface area contributed by atoms with Crippen LogP contribution in [-0.4, -0.2) is 0 Å². The van der Waals surface area contributed by atoms with Crippen LogP contribution in [0, 0.1) is 23.7 Å². The maximum atomic E-state index is 4.29. The second-order valence-corrected chi connectivity index (χ2v) is 5.87. The standard InChI is InChI=1S/C15H24/c1-10(2)13-8-6-12(4)14-7-5-11(3)9-15(13)14/h10,13-15H,3-9H2,1-2H3/t13?,14-,15?/m0/s1. The van der Waals surface area contributed by atoms with Crippen molar-refractivity contribution in [3.05, 3.63) is 24.3 Å². The van der Waals surface area contributed by atoms with Crippen molar-refractivity contribution in [2.45, 2.75) is 46.0 Å². The van der Waals surface area contributed by atoms with Gasteiger partial charge in [0.15, 0.2) is 0 Å². The zero-order valence-corrected chi connectivity index (χ0v) is 10.3. The zero-order chi connectivity index (χ0) is 11.0. The molecule has 2 aliphatic carbocycles. The van der Waals surface area contributed by atoms with Gasteiger partial charge in [-0.1, -0.05) is 38.2 Å². The van der Waals surface area contributed by atoms with Gasteiger partial charge in [-0.25, -0.2) is 0 Å². The SMILES string of the molecule is C=C1CC[C@H]2C(=C)CCC(C(C)C)C2C1. The summed E-state index contributed by atoms with van der Waals surface area (Å²) in [6.45, 7) is 13.2. The van der Waals surface area contributed by atoms with Crippen LogP contribution in [0.25, 0.3) is 0 Å². The van der Waals surface area contributed by atoms with Crippen molar-refractivity contribution < 1.29 is 0 Å². The molecule has 15 heavy (non-hydrogen) atoms. The van der Waals surface area contributed by atoms with Crippen molar-refractivity contribution in [3.63, 3.8) is 0 Å². The van der Waals surface area contributed by atoms with Crippen molar-refractivity contribution >= 4 is 0 Å². The summed E-state index contributed by atoms with van der Waals surface area (Å²) < 4.78 is 0. The second kappa shape index (κ2) is 4.15. The molecule has 0 nitrogen and oxygen atoms in total. The molecule has 0 amide bonds. The molecule has 2 saturated carbocycles. The van der Waals surface area contributed by atoms with Crippen LogP contribution in [0.15, 0.2) is 24.3 Å². The Morgan fingerprint density at radius 2 is 1.87 bits per heavy atom. The fraction of sp³-hybridized carbons (Fsp3) is 0.733. The summed E-state index contributed by atoms with van der Waals surface area (Å²) in [6, 6.07) is 0. The molecule has 0 heterocycles. The highest BCUT2D eigenvalue weighted by atomic mass is 14.4. The number of hydrogen-bond donors (Lipinski definition) is 0. The van der Waals surface area contributed by atoms with Gasteiger partial charge in [0.2, 0.25) is 0 Å². The quantitative estimate of drug-likeness (QED) is 0.548. The summed E-state index contributed by atoms with van der Waals surface area (Å²) in [6.07, 6.45) is 6.48. The Morgan fingerprint density at radius 3 is 2.53 bits per heavy atom. The highest BCUT2D eigenvalue weighted by Gasteiger charge is 2.38. The van der Waals surface area contributed by atoms with E-state index < -0.39 is 0 Å². The number of allylic oxidation sites excluding steroid dienone is 2. The first kappa shape index (κ1) is 11.0. The lowest BCUT2D eigenvalue weighted by Crippen LogP contribution is -2.35. The summed E-state index contributed by atoms with van der Waals surface area (Å²) in [4.78, 5) is 0. The normalized spacial score (nSPS) is 36.9. The molecule has 0 bridgehead atoms. The maximum Gasteiger partial charge on any atom is -0.0169 e. The number of hydrogen-bond acceptors (Lipinski definition) is 0. The summed E-state index contributed by atoms with van der Waals surface area (Å²) in [5, 5.41) is 0. The van der Waals surface area contributed by atoms with Gasteiger partial charge in [0.1, 0.15) is 0 Å². The van der Waals surface area contributed by atoms with E-state index in [9.17, 15) is 0 Å². The zero-order valence-electron chi connectivity index (χ0n) is 10.3. The van der Waals surface area contributed by atoms with Crippen LogP contribution in [-0.2, 0) is 0 Å². The lowest BCUT2D eigenvalue weighted by molar-refractivity contribution is 0.131. The van der Waals surface area contributed by atoms with Crippen LogP contribution in [0.2, 0.25) is 0 Å². The third-order valence-corrected chi connectivity index (χ3v) is 4.58. The lowest BCUT2D eigenvalue weighted by Gasteiger charge is -2.45. The van der Waals surface area contributed by atoms with Gasteiger partial charge >= 0.3 is 0 Å². The van der Waals surface area contributed by atoms with E-state index in [0.29, 0.717) is 0 Å². The molecule has 0 N–H and O–H groups in total. The van der Waals surface area contributed by atoms with Gasteiger partial charge in [0.05, 0.1) is 0 Å². The maximum absolute atomic E-state index is 4.29. The Morgan fingerprint density at radius 1 is 1.13 bits per heavy atom. The molecule has 0 aromatic rings.